The number of allylic oxidation sites excluding steroid dienone is 2. The summed E-state index contributed by atoms with van der Waals surface area (Å²) in [6.07, 6.45) is 8.00. The molecule has 0 aliphatic heterocycles. The van der Waals surface area contributed by atoms with Gasteiger partial charge in [-0.1, -0.05) is 12.2 Å². The molecule has 0 radical (unpaired) electrons. The highest BCUT2D eigenvalue weighted by atomic mass is 16.3. The zero-order valence-electron chi connectivity index (χ0n) is 11.5. The number of hydrogen-bond acceptors (Lipinski definition) is 4. The first kappa shape index (κ1) is 15.0. The van der Waals surface area contributed by atoms with Gasteiger partial charge in [0.25, 0.3) is 0 Å². The van der Waals surface area contributed by atoms with Crippen LogP contribution in [0.15, 0.2) is 12.2 Å². The molecule has 0 aromatic heterocycles. The highest BCUT2D eigenvalue weighted by molar-refractivity contribution is 5.24. The fourth-order valence-electron chi connectivity index (χ4n) is 5.04. The molecule has 0 aromatic carbocycles. The van der Waals surface area contributed by atoms with Crippen molar-refractivity contribution < 1.29 is 20.4 Å². The molecule has 0 heterocycles. The maximum absolute atomic E-state index is 9.48. The van der Waals surface area contributed by atoms with E-state index >= 15 is 0 Å². The minimum atomic E-state index is -0.179. The lowest BCUT2D eigenvalue weighted by Gasteiger charge is -2.52. The Labute approximate surface area is 114 Å². The van der Waals surface area contributed by atoms with E-state index in [0.717, 1.165) is 6.42 Å². The first-order valence-electron chi connectivity index (χ1n) is 7.32. The van der Waals surface area contributed by atoms with E-state index in [1.807, 2.05) is 0 Å². The van der Waals surface area contributed by atoms with Crippen molar-refractivity contribution >= 4 is 0 Å². The fourth-order valence-corrected chi connectivity index (χ4v) is 5.04. The van der Waals surface area contributed by atoms with E-state index in [0.29, 0.717) is 37.5 Å². The minimum Gasteiger partial charge on any atom is -0.396 e. The van der Waals surface area contributed by atoms with Crippen LogP contribution in [0, 0.1) is 22.7 Å². The van der Waals surface area contributed by atoms with Crippen LogP contribution in [-0.2, 0) is 0 Å². The van der Waals surface area contributed by atoms with Crippen molar-refractivity contribution in [2.75, 3.05) is 26.4 Å². The van der Waals surface area contributed by atoms with Crippen molar-refractivity contribution in [2.24, 2.45) is 22.7 Å². The molecule has 2 aliphatic rings. The van der Waals surface area contributed by atoms with Gasteiger partial charge in [-0.2, -0.15) is 0 Å². The SMILES string of the molecule is OCCC1(CCO)C2C=CC(C2)C1(CCO)CCO. The van der Waals surface area contributed by atoms with Crippen LogP contribution in [0.3, 0.4) is 0 Å². The Morgan fingerprint density at radius 1 is 0.684 bits per heavy atom. The van der Waals surface area contributed by atoms with E-state index in [2.05, 4.69) is 12.2 Å². The monoisotopic (exact) mass is 270 g/mol. The molecule has 2 rings (SSSR count). The Morgan fingerprint density at radius 2 is 1.00 bits per heavy atom. The van der Waals surface area contributed by atoms with Crippen molar-refractivity contribution in [1.82, 2.24) is 0 Å². The molecule has 1 saturated carbocycles. The molecule has 19 heavy (non-hydrogen) atoms. The molecule has 0 spiro atoms. The van der Waals surface area contributed by atoms with Gasteiger partial charge in [0.1, 0.15) is 0 Å². The van der Waals surface area contributed by atoms with E-state index in [1.54, 1.807) is 0 Å². The van der Waals surface area contributed by atoms with Crippen molar-refractivity contribution in [3.63, 3.8) is 0 Å². The van der Waals surface area contributed by atoms with Gasteiger partial charge in [0, 0.05) is 26.4 Å². The molecule has 2 unspecified atom stereocenters. The van der Waals surface area contributed by atoms with Crippen LogP contribution < -0.4 is 0 Å². The van der Waals surface area contributed by atoms with Crippen LogP contribution >= 0.6 is 0 Å². The van der Waals surface area contributed by atoms with E-state index < -0.39 is 0 Å². The predicted molar refractivity (Wildman–Crippen MR) is 72.4 cm³/mol. The summed E-state index contributed by atoms with van der Waals surface area (Å²) < 4.78 is 0. The summed E-state index contributed by atoms with van der Waals surface area (Å²) in [4.78, 5) is 0. The van der Waals surface area contributed by atoms with E-state index in [1.165, 1.54) is 0 Å². The fraction of sp³-hybridized carbons (Fsp3) is 0.867. The lowest BCUT2D eigenvalue weighted by atomic mass is 9.52. The van der Waals surface area contributed by atoms with Crippen molar-refractivity contribution in [3.05, 3.63) is 12.2 Å². The van der Waals surface area contributed by atoms with Gasteiger partial charge in [-0.3, -0.25) is 0 Å². The third kappa shape index (κ3) is 2.05. The number of rotatable bonds is 8. The van der Waals surface area contributed by atoms with Gasteiger partial charge in [0.15, 0.2) is 0 Å². The van der Waals surface area contributed by atoms with Crippen molar-refractivity contribution in [2.45, 2.75) is 32.1 Å². The Hall–Kier alpha value is -0.420. The highest BCUT2D eigenvalue weighted by Gasteiger charge is 2.63. The standard InChI is InChI=1S/C15H26O4/c16-7-3-14(4-8-17)12-1-2-13(11-12)15(14,5-9-18)6-10-19/h1-2,12-13,16-19H,3-11H2. The van der Waals surface area contributed by atoms with Crippen LogP contribution in [-0.4, -0.2) is 46.9 Å². The lowest BCUT2D eigenvalue weighted by Crippen LogP contribution is -2.48. The molecule has 110 valence electrons. The topological polar surface area (TPSA) is 80.9 Å². The van der Waals surface area contributed by atoms with Gasteiger partial charge in [-0.05, 0) is 54.8 Å². The molecular formula is C15H26O4. The molecule has 0 aromatic rings. The summed E-state index contributed by atoms with van der Waals surface area (Å²) in [5, 5.41) is 37.9. The molecular weight excluding hydrogens is 244 g/mol. The third-order valence-corrected chi connectivity index (χ3v) is 5.73. The molecule has 0 saturated heterocycles. The molecule has 4 heteroatoms. The van der Waals surface area contributed by atoms with Gasteiger partial charge >= 0.3 is 0 Å². The van der Waals surface area contributed by atoms with Gasteiger partial charge < -0.3 is 20.4 Å². The molecule has 2 atom stereocenters. The average molecular weight is 270 g/mol. The Bertz CT molecular complexity index is 284. The average Bonchev–Trinajstić information content (AvgIpc) is 2.94. The van der Waals surface area contributed by atoms with Gasteiger partial charge in [-0.25, -0.2) is 0 Å². The molecule has 4 N–H and O–H groups in total. The highest BCUT2D eigenvalue weighted by Crippen LogP contribution is 2.69. The summed E-state index contributed by atoms with van der Waals surface area (Å²) in [7, 11) is 0. The molecule has 1 fully saturated rings. The van der Waals surface area contributed by atoms with Gasteiger partial charge in [0.2, 0.25) is 0 Å². The molecule has 2 aliphatic carbocycles. The smallest absolute Gasteiger partial charge is 0.0436 e. The van der Waals surface area contributed by atoms with Crippen molar-refractivity contribution in [3.8, 4) is 0 Å². The van der Waals surface area contributed by atoms with E-state index in [-0.39, 0.29) is 37.3 Å². The zero-order valence-corrected chi connectivity index (χ0v) is 11.5. The summed E-state index contributed by atoms with van der Waals surface area (Å²) in [5.74, 6) is 0.713. The summed E-state index contributed by atoms with van der Waals surface area (Å²) >= 11 is 0. The van der Waals surface area contributed by atoms with E-state index in [4.69, 9.17) is 0 Å². The van der Waals surface area contributed by atoms with Crippen LogP contribution in [0.1, 0.15) is 32.1 Å². The first-order valence-corrected chi connectivity index (χ1v) is 7.32. The van der Waals surface area contributed by atoms with Gasteiger partial charge in [-0.15, -0.1) is 0 Å². The summed E-state index contributed by atoms with van der Waals surface area (Å²) in [6.45, 7) is 0.372. The van der Waals surface area contributed by atoms with Crippen LogP contribution in [0.5, 0.6) is 0 Å². The number of aliphatic hydroxyl groups excluding tert-OH is 4. The van der Waals surface area contributed by atoms with E-state index in [9.17, 15) is 20.4 Å². The number of hydrogen-bond donors (Lipinski definition) is 4. The first-order chi connectivity index (χ1) is 9.20. The second-order valence-electron chi connectivity index (χ2n) is 6.04. The third-order valence-electron chi connectivity index (χ3n) is 5.73. The summed E-state index contributed by atoms with van der Waals surface area (Å²) in [6, 6.07) is 0. The molecule has 2 bridgehead atoms. The van der Waals surface area contributed by atoms with Crippen molar-refractivity contribution in [1.29, 1.82) is 0 Å². The predicted octanol–water partition coefficient (Wildman–Crippen LogP) is 0.695. The zero-order chi connectivity index (χ0) is 13.9. The quantitative estimate of drug-likeness (QED) is 0.489. The molecule has 0 amide bonds. The maximum Gasteiger partial charge on any atom is 0.0436 e. The van der Waals surface area contributed by atoms with Gasteiger partial charge in [0.05, 0.1) is 0 Å². The lowest BCUT2D eigenvalue weighted by molar-refractivity contribution is -0.0538. The van der Waals surface area contributed by atoms with Crippen LogP contribution in [0.4, 0.5) is 0 Å². The number of aliphatic hydroxyl groups is 4. The maximum atomic E-state index is 9.48. The van der Waals surface area contributed by atoms with Crippen LogP contribution in [0.25, 0.3) is 0 Å². The Morgan fingerprint density at radius 3 is 1.26 bits per heavy atom. The molecule has 4 nitrogen and oxygen atoms in total. The normalized spacial score (nSPS) is 30.1. The second kappa shape index (κ2) is 5.92. The second-order valence-corrected chi connectivity index (χ2v) is 6.04. The Kier molecular flexibility index (Phi) is 4.66. The van der Waals surface area contributed by atoms with Crippen LogP contribution in [0.2, 0.25) is 0 Å². The Balaban J connectivity index is 2.42. The minimum absolute atomic E-state index is 0.0929. The largest absolute Gasteiger partial charge is 0.396 e. The summed E-state index contributed by atoms with van der Waals surface area (Å²) in [5.41, 5.74) is -0.358. The number of fused-ring (bicyclic) bond motifs is 2.